The average molecular weight is 434 g/mol. The largest absolute Gasteiger partial charge is 0.417 e. The van der Waals surface area contributed by atoms with E-state index < -0.39 is 23.5 Å². The molecule has 2 aromatic carbocycles. The van der Waals surface area contributed by atoms with Crippen LogP contribution in [0, 0.1) is 0 Å². The van der Waals surface area contributed by atoms with Gasteiger partial charge in [0.1, 0.15) is 18.0 Å². The van der Waals surface area contributed by atoms with Gasteiger partial charge < -0.3 is 5.32 Å². The van der Waals surface area contributed by atoms with Gasteiger partial charge in [-0.25, -0.2) is 15.0 Å². The fourth-order valence-electron chi connectivity index (χ4n) is 3.06. The molecule has 0 saturated heterocycles. The Labute approximate surface area is 171 Å². The summed E-state index contributed by atoms with van der Waals surface area (Å²) in [5, 5.41) is 3.28. The quantitative estimate of drug-likeness (QED) is 0.376. The van der Waals surface area contributed by atoms with Gasteiger partial charge in [-0.15, -0.1) is 0 Å². The molecule has 158 valence electrons. The monoisotopic (exact) mass is 434 g/mol. The number of hydrogen-bond donors (Lipinski definition) is 1. The Morgan fingerprint density at radius 1 is 0.742 bits per heavy atom. The smallest absolute Gasteiger partial charge is 0.324 e. The van der Waals surface area contributed by atoms with E-state index in [1.165, 1.54) is 36.7 Å². The summed E-state index contributed by atoms with van der Waals surface area (Å²) in [5.41, 5.74) is -0.972. The zero-order chi connectivity index (χ0) is 22.2. The number of nitrogens with one attached hydrogen (secondary N) is 1. The van der Waals surface area contributed by atoms with Gasteiger partial charge in [-0.05, 0) is 41.5 Å². The summed E-state index contributed by atoms with van der Waals surface area (Å²) in [6.07, 6.45) is -7.12. The number of benzene rings is 2. The van der Waals surface area contributed by atoms with Gasteiger partial charge in [0.05, 0.1) is 16.6 Å². The van der Waals surface area contributed by atoms with Gasteiger partial charge in [0.15, 0.2) is 0 Å². The highest BCUT2D eigenvalue weighted by atomic mass is 19.4. The molecule has 0 saturated carbocycles. The van der Waals surface area contributed by atoms with Gasteiger partial charge in [-0.1, -0.05) is 24.3 Å². The third kappa shape index (κ3) is 4.27. The number of pyridine rings is 1. The van der Waals surface area contributed by atoms with Crippen LogP contribution in [0.1, 0.15) is 11.1 Å². The summed E-state index contributed by atoms with van der Waals surface area (Å²) in [5.74, 6) is 0.382. The highest BCUT2D eigenvalue weighted by Crippen LogP contribution is 2.38. The minimum Gasteiger partial charge on any atom is -0.324 e. The van der Waals surface area contributed by atoms with E-state index in [0.29, 0.717) is 22.7 Å². The molecule has 4 nitrogen and oxygen atoms in total. The fourth-order valence-corrected chi connectivity index (χ4v) is 3.06. The predicted octanol–water partition coefficient (Wildman–Crippen LogP) is 6.47. The standard InChI is InChI=1S/C21H12F6N4/c22-20(23,24)13-6-8-18(28-10-13)31-19-15-7-5-12(9-17(15)29-11-30-19)14-3-1-2-4-16(14)21(25,26)27/h1-11H,(H,28,29,30,31). The van der Waals surface area contributed by atoms with Gasteiger partial charge in [-0.2, -0.15) is 26.3 Å². The predicted molar refractivity (Wildman–Crippen MR) is 102 cm³/mol. The van der Waals surface area contributed by atoms with Crippen molar-refractivity contribution in [2.75, 3.05) is 5.32 Å². The second-order valence-corrected chi connectivity index (χ2v) is 6.55. The molecule has 0 fully saturated rings. The first-order valence-corrected chi connectivity index (χ1v) is 8.84. The lowest BCUT2D eigenvalue weighted by Crippen LogP contribution is -2.07. The Hall–Kier alpha value is -3.69. The topological polar surface area (TPSA) is 50.7 Å². The number of fused-ring (bicyclic) bond motifs is 1. The Morgan fingerprint density at radius 2 is 1.52 bits per heavy atom. The van der Waals surface area contributed by atoms with Crippen LogP contribution in [-0.4, -0.2) is 15.0 Å². The summed E-state index contributed by atoms with van der Waals surface area (Å²) < 4.78 is 78.1. The number of hydrogen-bond acceptors (Lipinski definition) is 4. The van der Waals surface area contributed by atoms with Crippen molar-refractivity contribution >= 4 is 22.5 Å². The third-order valence-corrected chi connectivity index (χ3v) is 4.52. The van der Waals surface area contributed by atoms with Crippen LogP contribution in [0.3, 0.4) is 0 Å². The molecule has 0 spiro atoms. The lowest BCUT2D eigenvalue weighted by Gasteiger charge is -2.14. The number of nitrogens with zero attached hydrogens (tertiary/aromatic N) is 3. The minimum atomic E-state index is -4.52. The number of anilines is 2. The summed E-state index contributed by atoms with van der Waals surface area (Å²) in [4.78, 5) is 11.9. The maximum atomic E-state index is 13.3. The van der Waals surface area contributed by atoms with Crippen molar-refractivity contribution in [2.24, 2.45) is 0 Å². The van der Waals surface area contributed by atoms with Crippen LogP contribution in [0.4, 0.5) is 38.0 Å². The Kier molecular flexibility index (Phi) is 5.00. The molecule has 0 radical (unpaired) electrons. The lowest BCUT2D eigenvalue weighted by molar-refractivity contribution is -0.138. The minimum absolute atomic E-state index is 0.00873. The molecule has 0 atom stereocenters. The fraction of sp³-hybridized carbons (Fsp3) is 0.0952. The zero-order valence-electron chi connectivity index (χ0n) is 15.5. The molecule has 2 heterocycles. The SMILES string of the molecule is FC(F)(F)c1ccc(Nc2ncnc3cc(-c4ccccc4C(F)(F)F)ccc23)nc1. The molecule has 2 aromatic heterocycles. The first-order chi connectivity index (χ1) is 14.6. The lowest BCUT2D eigenvalue weighted by atomic mass is 9.98. The summed E-state index contributed by atoms with van der Waals surface area (Å²) >= 11 is 0. The Balaban J connectivity index is 1.70. The van der Waals surface area contributed by atoms with Crippen molar-refractivity contribution in [3.05, 3.63) is 78.2 Å². The van der Waals surface area contributed by atoms with Crippen LogP contribution in [0.5, 0.6) is 0 Å². The highest BCUT2D eigenvalue weighted by molar-refractivity contribution is 5.93. The van der Waals surface area contributed by atoms with Gasteiger partial charge in [0, 0.05) is 11.6 Å². The normalized spacial score (nSPS) is 12.2. The second kappa shape index (κ2) is 7.53. The first kappa shape index (κ1) is 20.6. The highest BCUT2D eigenvalue weighted by Gasteiger charge is 2.33. The molecular formula is C21H12F6N4. The maximum absolute atomic E-state index is 13.3. The van der Waals surface area contributed by atoms with Crippen LogP contribution in [-0.2, 0) is 12.4 Å². The molecule has 1 N–H and O–H groups in total. The molecule has 0 bridgehead atoms. The Morgan fingerprint density at radius 3 is 2.19 bits per heavy atom. The summed E-state index contributed by atoms with van der Waals surface area (Å²) in [6.45, 7) is 0. The molecule has 0 aliphatic heterocycles. The van der Waals surface area contributed by atoms with Crippen molar-refractivity contribution in [1.82, 2.24) is 15.0 Å². The molecule has 4 rings (SSSR count). The molecule has 0 aliphatic rings. The van der Waals surface area contributed by atoms with Crippen molar-refractivity contribution in [3.63, 3.8) is 0 Å². The summed E-state index contributed by atoms with van der Waals surface area (Å²) in [7, 11) is 0. The zero-order valence-corrected chi connectivity index (χ0v) is 15.5. The van der Waals surface area contributed by atoms with E-state index in [4.69, 9.17) is 0 Å². The number of aromatic nitrogens is 3. The molecule has 0 amide bonds. The first-order valence-electron chi connectivity index (χ1n) is 8.84. The van der Waals surface area contributed by atoms with Crippen LogP contribution in [0.2, 0.25) is 0 Å². The third-order valence-electron chi connectivity index (χ3n) is 4.52. The molecule has 4 aromatic rings. The molecule has 0 aliphatic carbocycles. The van der Waals surface area contributed by atoms with Gasteiger partial charge in [0.2, 0.25) is 0 Å². The van der Waals surface area contributed by atoms with Crippen molar-refractivity contribution in [2.45, 2.75) is 12.4 Å². The molecule has 31 heavy (non-hydrogen) atoms. The maximum Gasteiger partial charge on any atom is 0.417 e. The molecule has 10 heteroatoms. The van der Waals surface area contributed by atoms with Crippen molar-refractivity contribution in [3.8, 4) is 11.1 Å². The van der Waals surface area contributed by atoms with Gasteiger partial charge in [-0.3, -0.25) is 0 Å². The average Bonchev–Trinajstić information content (AvgIpc) is 2.73. The van der Waals surface area contributed by atoms with Crippen molar-refractivity contribution in [1.29, 1.82) is 0 Å². The summed E-state index contributed by atoms with van der Waals surface area (Å²) in [6, 6.07) is 11.8. The van der Waals surface area contributed by atoms with Crippen molar-refractivity contribution < 1.29 is 26.3 Å². The number of halogens is 6. The van der Waals surface area contributed by atoms with Gasteiger partial charge >= 0.3 is 12.4 Å². The molecular weight excluding hydrogens is 422 g/mol. The van der Waals surface area contributed by atoms with E-state index in [0.717, 1.165) is 18.2 Å². The van der Waals surface area contributed by atoms with E-state index >= 15 is 0 Å². The van der Waals surface area contributed by atoms with E-state index in [1.54, 1.807) is 6.07 Å². The van der Waals surface area contributed by atoms with Crippen LogP contribution in [0.25, 0.3) is 22.0 Å². The second-order valence-electron chi connectivity index (χ2n) is 6.55. The van der Waals surface area contributed by atoms with E-state index in [1.807, 2.05) is 0 Å². The van der Waals surface area contributed by atoms with Crippen LogP contribution in [0.15, 0.2) is 67.1 Å². The van der Waals surface area contributed by atoms with E-state index in [2.05, 4.69) is 20.3 Å². The van der Waals surface area contributed by atoms with Crippen LogP contribution >= 0.6 is 0 Å². The Bertz CT molecular complexity index is 1230. The van der Waals surface area contributed by atoms with E-state index in [9.17, 15) is 26.3 Å². The molecule has 0 unspecified atom stereocenters. The van der Waals surface area contributed by atoms with Crippen LogP contribution < -0.4 is 5.32 Å². The van der Waals surface area contributed by atoms with E-state index in [-0.39, 0.29) is 17.2 Å². The number of alkyl halides is 6. The number of rotatable bonds is 3. The van der Waals surface area contributed by atoms with Gasteiger partial charge in [0.25, 0.3) is 0 Å².